The molecule has 0 saturated heterocycles. The van der Waals surface area contributed by atoms with Crippen LogP contribution >= 0.6 is 0 Å². The molecule has 0 amide bonds. The van der Waals surface area contributed by atoms with Gasteiger partial charge in [-0.05, 0) is 31.0 Å². The van der Waals surface area contributed by atoms with Crippen LogP contribution in [0.15, 0.2) is 18.2 Å². The highest BCUT2D eigenvalue weighted by Gasteiger charge is 2.39. The molecule has 0 aliphatic carbocycles. The summed E-state index contributed by atoms with van der Waals surface area (Å²) in [6.07, 6.45) is -3.92. The van der Waals surface area contributed by atoms with Gasteiger partial charge in [0, 0.05) is 25.2 Å². The van der Waals surface area contributed by atoms with Crippen LogP contribution in [-0.2, 0) is 19.1 Å². The first-order valence-electron chi connectivity index (χ1n) is 6.84. The topological polar surface area (TPSA) is 29.9 Å². The average molecular weight is 295 g/mol. The number of rotatable bonds is 1. The van der Waals surface area contributed by atoms with Crippen molar-refractivity contribution in [3.8, 4) is 5.69 Å². The predicted octanol–water partition coefficient (Wildman–Crippen LogP) is 3.15. The number of alkyl halides is 3. The number of aromatic nitrogens is 2. The lowest BCUT2D eigenvalue weighted by atomic mass is 10.1. The fourth-order valence-corrected chi connectivity index (χ4v) is 2.74. The summed E-state index contributed by atoms with van der Waals surface area (Å²) in [5.74, 6) is -0.829. The SMILES string of the molecule is Cc1cccc(-n2c(C(F)(F)F)nc3c2CCNC3)c1C. The Hall–Kier alpha value is -1.82. The Balaban J connectivity index is 2.30. The van der Waals surface area contributed by atoms with Crippen LogP contribution in [0.25, 0.3) is 5.69 Å². The molecular formula is C15H16F3N3. The largest absolute Gasteiger partial charge is 0.450 e. The number of nitrogens with zero attached hydrogens (tertiary/aromatic N) is 2. The van der Waals surface area contributed by atoms with Crippen LogP contribution < -0.4 is 5.32 Å². The molecule has 0 spiro atoms. The predicted molar refractivity (Wildman–Crippen MR) is 73.5 cm³/mol. The van der Waals surface area contributed by atoms with Gasteiger partial charge in [0.1, 0.15) is 0 Å². The summed E-state index contributed by atoms with van der Waals surface area (Å²) in [7, 11) is 0. The van der Waals surface area contributed by atoms with Gasteiger partial charge in [-0.3, -0.25) is 4.57 Å². The van der Waals surface area contributed by atoms with Crippen molar-refractivity contribution in [2.24, 2.45) is 0 Å². The monoisotopic (exact) mass is 295 g/mol. The number of imidazole rings is 1. The second-order valence-electron chi connectivity index (χ2n) is 5.31. The number of aryl methyl sites for hydroxylation is 1. The van der Waals surface area contributed by atoms with Crippen molar-refractivity contribution in [3.05, 3.63) is 46.5 Å². The molecule has 2 heterocycles. The van der Waals surface area contributed by atoms with E-state index in [1.165, 1.54) is 4.57 Å². The normalized spacial score (nSPS) is 15.1. The molecular weight excluding hydrogens is 279 g/mol. The average Bonchev–Trinajstić information content (AvgIpc) is 2.81. The summed E-state index contributed by atoms with van der Waals surface area (Å²) in [4.78, 5) is 3.84. The highest BCUT2D eigenvalue weighted by atomic mass is 19.4. The van der Waals surface area contributed by atoms with Gasteiger partial charge in [-0.15, -0.1) is 0 Å². The van der Waals surface area contributed by atoms with Gasteiger partial charge in [0.2, 0.25) is 5.82 Å². The molecule has 3 rings (SSSR count). The third-order valence-corrected chi connectivity index (χ3v) is 3.96. The van der Waals surface area contributed by atoms with Crippen molar-refractivity contribution in [3.63, 3.8) is 0 Å². The molecule has 6 heteroatoms. The van der Waals surface area contributed by atoms with Crippen molar-refractivity contribution < 1.29 is 13.2 Å². The van der Waals surface area contributed by atoms with E-state index in [-0.39, 0.29) is 0 Å². The first kappa shape index (κ1) is 14.1. The molecule has 0 bridgehead atoms. The molecule has 1 N–H and O–H groups in total. The minimum Gasteiger partial charge on any atom is -0.311 e. The van der Waals surface area contributed by atoms with E-state index in [0.29, 0.717) is 36.6 Å². The van der Waals surface area contributed by atoms with Crippen molar-refractivity contribution in [1.29, 1.82) is 0 Å². The summed E-state index contributed by atoms with van der Waals surface area (Å²) in [6, 6.07) is 5.41. The summed E-state index contributed by atoms with van der Waals surface area (Å²) in [5.41, 5.74) is 3.54. The van der Waals surface area contributed by atoms with Gasteiger partial charge in [0.05, 0.1) is 11.4 Å². The summed E-state index contributed by atoms with van der Waals surface area (Å²) in [5, 5.41) is 3.07. The van der Waals surface area contributed by atoms with E-state index < -0.39 is 12.0 Å². The lowest BCUT2D eigenvalue weighted by Crippen LogP contribution is -2.25. The number of fused-ring (bicyclic) bond motifs is 1. The van der Waals surface area contributed by atoms with Crippen LogP contribution in [0, 0.1) is 13.8 Å². The molecule has 3 nitrogen and oxygen atoms in total. The van der Waals surface area contributed by atoms with E-state index in [1.54, 1.807) is 12.1 Å². The molecule has 0 atom stereocenters. The Morgan fingerprint density at radius 3 is 2.71 bits per heavy atom. The summed E-state index contributed by atoms with van der Waals surface area (Å²) >= 11 is 0. The molecule has 0 unspecified atom stereocenters. The van der Waals surface area contributed by atoms with E-state index in [9.17, 15) is 13.2 Å². The molecule has 1 aliphatic heterocycles. The van der Waals surface area contributed by atoms with Gasteiger partial charge in [0.25, 0.3) is 0 Å². The molecule has 1 aromatic heterocycles. The number of halogens is 3. The maximum Gasteiger partial charge on any atom is 0.450 e. The van der Waals surface area contributed by atoms with E-state index in [0.717, 1.165) is 11.1 Å². The Kier molecular flexibility index (Phi) is 3.28. The third-order valence-electron chi connectivity index (χ3n) is 3.96. The number of benzene rings is 1. The molecule has 2 aromatic rings. The smallest absolute Gasteiger partial charge is 0.311 e. The van der Waals surface area contributed by atoms with Crippen molar-refractivity contribution in [1.82, 2.24) is 14.9 Å². The standard InChI is InChI=1S/C15H16F3N3/c1-9-4-3-5-12(10(9)2)21-13-6-7-19-8-11(13)20-14(21)15(16,17)18/h3-5,19H,6-8H2,1-2H3. The van der Waals surface area contributed by atoms with Gasteiger partial charge in [-0.25, -0.2) is 4.98 Å². The lowest BCUT2D eigenvalue weighted by molar-refractivity contribution is -0.146. The molecule has 0 fully saturated rings. The number of hydrogen-bond acceptors (Lipinski definition) is 2. The minimum absolute atomic E-state index is 0.385. The molecule has 1 aliphatic rings. The van der Waals surface area contributed by atoms with Crippen LogP contribution in [0.5, 0.6) is 0 Å². The van der Waals surface area contributed by atoms with Gasteiger partial charge >= 0.3 is 6.18 Å². The Morgan fingerprint density at radius 2 is 2.00 bits per heavy atom. The minimum atomic E-state index is -4.46. The first-order chi connectivity index (χ1) is 9.89. The number of hydrogen-bond donors (Lipinski definition) is 1. The zero-order chi connectivity index (χ0) is 15.2. The van der Waals surface area contributed by atoms with E-state index in [4.69, 9.17) is 0 Å². The Labute approximate surface area is 120 Å². The van der Waals surface area contributed by atoms with Crippen LogP contribution in [0.1, 0.15) is 28.3 Å². The summed E-state index contributed by atoms with van der Waals surface area (Å²) in [6.45, 7) is 4.80. The third kappa shape index (κ3) is 2.33. The van der Waals surface area contributed by atoms with E-state index >= 15 is 0 Å². The van der Waals surface area contributed by atoms with Gasteiger partial charge < -0.3 is 5.32 Å². The summed E-state index contributed by atoms with van der Waals surface area (Å²) < 4.78 is 41.3. The zero-order valence-corrected chi connectivity index (χ0v) is 11.9. The Morgan fingerprint density at radius 1 is 1.24 bits per heavy atom. The number of nitrogens with one attached hydrogen (secondary N) is 1. The molecule has 1 aromatic carbocycles. The lowest BCUT2D eigenvalue weighted by Gasteiger charge is -2.19. The second-order valence-corrected chi connectivity index (χ2v) is 5.31. The fraction of sp³-hybridized carbons (Fsp3) is 0.400. The maximum absolute atomic E-state index is 13.3. The van der Waals surface area contributed by atoms with Crippen molar-refractivity contribution in [2.45, 2.75) is 33.0 Å². The molecule has 0 saturated carbocycles. The zero-order valence-electron chi connectivity index (χ0n) is 11.9. The molecule has 21 heavy (non-hydrogen) atoms. The quantitative estimate of drug-likeness (QED) is 0.876. The highest BCUT2D eigenvalue weighted by molar-refractivity contribution is 5.48. The first-order valence-corrected chi connectivity index (χ1v) is 6.84. The van der Waals surface area contributed by atoms with Crippen LogP contribution in [0.4, 0.5) is 13.2 Å². The van der Waals surface area contributed by atoms with Gasteiger partial charge in [0.15, 0.2) is 0 Å². The second kappa shape index (κ2) is 4.87. The molecule has 0 radical (unpaired) electrons. The van der Waals surface area contributed by atoms with Crippen LogP contribution in [0.2, 0.25) is 0 Å². The van der Waals surface area contributed by atoms with E-state index in [2.05, 4.69) is 10.3 Å². The van der Waals surface area contributed by atoms with Gasteiger partial charge in [-0.2, -0.15) is 13.2 Å². The maximum atomic E-state index is 13.3. The molecule has 112 valence electrons. The Bertz CT molecular complexity index is 686. The van der Waals surface area contributed by atoms with Crippen molar-refractivity contribution >= 4 is 0 Å². The van der Waals surface area contributed by atoms with Crippen LogP contribution in [-0.4, -0.2) is 16.1 Å². The highest BCUT2D eigenvalue weighted by Crippen LogP contribution is 2.34. The van der Waals surface area contributed by atoms with Crippen LogP contribution in [0.3, 0.4) is 0 Å². The van der Waals surface area contributed by atoms with E-state index in [1.807, 2.05) is 19.9 Å². The van der Waals surface area contributed by atoms with Gasteiger partial charge in [-0.1, -0.05) is 12.1 Å². The fourth-order valence-electron chi connectivity index (χ4n) is 2.74. The van der Waals surface area contributed by atoms with Crippen molar-refractivity contribution in [2.75, 3.05) is 6.54 Å².